The molecule has 0 saturated carbocycles. The third-order valence-corrected chi connectivity index (χ3v) is 7.57. The lowest BCUT2D eigenvalue weighted by atomic mass is 10.1. The lowest BCUT2D eigenvalue weighted by Gasteiger charge is -2.17. The van der Waals surface area contributed by atoms with Crippen molar-refractivity contribution in [3.63, 3.8) is 0 Å². The first-order valence-electron chi connectivity index (χ1n) is 10.4. The molecule has 1 saturated heterocycles. The highest BCUT2D eigenvalue weighted by Gasteiger charge is 2.33. The van der Waals surface area contributed by atoms with Gasteiger partial charge in [0.25, 0.3) is 5.91 Å². The molecule has 0 atom stereocenters. The van der Waals surface area contributed by atoms with Crippen LogP contribution in [0.2, 0.25) is 0 Å². The van der Waals surface area contributed by atoms with Gasteiger partial charge in [-0.2, -0.15) is 0 Å². The van der Waals surface area contributed by atoms with Crippen molar-refractivity contribution in [2.24, 2.45) is 7.05 Å². The molecule has 9 heteroatoms. The third-order valence-electron chi connectivity index (χ3n) is 5.95. The van der Waals surface area contributed by atoms with E-state index in [1.807, 2.05) is 12.1 Å². The van der Waals surface area contributed by atoms with Crippen LogP contribution in [0.3, 0.4) is 0 Å². The number of likely N-dealkylation sites (tertiary alicyclic amines) is 1. The summed E-state index contributed by atoms with van der Waals surface area (Å²) < 4.78 is 41.5. The van der Waals surface area contributed by atoms with Gasteiger partial charge in [-0.25, -0.2) is 13.1 Å². The first-order valence-corrected chi connectivity index (χ1v) is 11.8. The number of hydrogen-bond acceptors (Lipinski definition) is 5. The largest absolute Gasteiger partial charge is 0.493 e. The first kappa shape index (κ1) is 23.1. The van der Waals surface area contributed by atoms with Crippen molar-refractivity contribution in [3.05, 3.63) is 40.7 Å². The molecule has 1 amide bonds. The molecule has 2 heterocycles. The maximum absolute atomic E-state index is 13.2. The molecule has 31 heavy (non-hydrogen) atoms. The van der Waals surface area contributed by atoms with Gasteiger partial charge in [0.05, 0.1) is 19.8 Å². The van der Waals surface area contributed by atoms with Crippen molar-refractivity contribution in [3.8, 4) is 11.5 Å². The number of rotatable bonds is 8. The van der Waals surface area contributed by atoms with Crippen LogP contribution in [0.4, 0.5) is 0 Å². The minimum Gasteiger partial charge on any atom is -0.493 e. The van der Waals surface area contributed by atoms with Crippen LogP contribution >= 0.6 is 0 Å². The molecule has 1 aromatic heterocycles. The Morgan fingerprint density at radius 2 is 1.71 bits per heavy atom. The van der Waals surface area contributed by atoms with Crippen molar-refractivity contribution in [2.45, 2.75) is 38.0 Å². The zero-order valence-electron chi connectivity index (χ0n) is 18.8. The minimum absolute atomic E-state index is 0.0803. The molecule has 0 unspecified atom stereocenters. The van der Waals surface area contributed by atoms with Gasteiger partial charge in [-0.15, -0.1) is 0 Å². The number of nitrogens with one attached hydrogen (secondary N) is 1. The van der Waals surface area contributed by atoms with Gasteiger partial charge < -0.3 is 18.9 Å². The molecule has 0 radical (unpaired) electrons. The lowest BCUT2D eigenvalue weighted by molar-refractivity contribution is 0.0788. The van der Waals surface area contributed by atoms with Crippen LogP contribution in [-0.2, 0) is 23.5 Å². The quantitative estimate of drug-likeness (QED) is 0.669. The predicted octanol–water partition coefficient (Wildman–Crippen LogP) is 2.42. The molecule has 1 aliphatic heterocycles. The van der Waals surface area contributed by atoms with E-state index in [-0.39, 0.29) is 22.9 Å². The van der Waals surface area contributed by atoms with Crippen LogP contribution in [0.1, 0.15) is 40.2 Å². The van der Waals surface area contributed by atoms with Crippen molar-refractivity contribution < 1.29 is 22.7 Å². The predicted molar refractivity (Wildman–Crippen MR) is 118 cm³/mol. The Morgan fingerprint density at radius 3 is 2.32 bits per heavy atom. The van der Waals surface area contributed by atoms with Crippen molar-refractivity contribution in [1.29, 1.82) is 0 Å². The summed E-state index contributed by atoms with van der Waals surface area (Å²) in [6.45, 7) is 5.05. The topological polar surface area (TPSA) is 89.9 Å². The minimum atomic E-state index is -3.87. The fraction of sp³-hybridized carbons (Fsp3) is 0.500. The molecule has 2 aromatic rings. The molecule has 0 spiro atoms. The Balaban J connectivity index is 1.82. The number of aromatic nitrogens is 1. The van der Waals surface area contributed by atoms with Crippen LogP contribution in [0.5, 0.6) is 11.5 Å². The average molecular weight is 450 g/mol. The zero-order valence-corrected chi connectivity index (χ0v) is 19.6. The maximum Gasteiger partial charge on any atom is 0.257 e. The van der Waals surface area contributed by atoms with E-state index >= 15 is 0 Å². The summed E-state index contributed by atoms with van der Waals surface area (Å²) in [7, 11) is 1.04. The van der Waals surface area contributed by atoms with Crippen molar-refractivity contribution >= 4 is 15.9 Å². The number of amides is 1. The van der Waals surface area contributed by atoms with E-state index in [0.29, 0.717) is 42.4 Å². The Hall–Kier alpha value is -2.52. The molecule has 1 aliphatic rings. The summed E-state index contributed by atoms with van der Waals surface area (Å²) in [5.74, 6) is 1.00. The third kappa shape index (κ3) is 4.57. The van der Waals surface area contributed by atoms with E-state index in [9.17, 15) is 13.2 Å². The number of benzene rings is 1. The van der Waals surface area contributed by atoms with Crippen molar-refractivity contribution in [1.82, 2.24) is 14.2 Å². The number of methoxy groups -OCH3 is 2. The molecule has 0 bridgehead atoms. The SMILES string of the molecule is COc1ccc(CCNS(=O)(=O)c2c(C(=O)N3CCCC3)c(C)n(C)c2C)cc1OC. The van der Waals surface area contributed by atoms with Crippen LogP contribution in [0, 0.1) is 13.8 Å². The second-order valence-electron chi connectivity index (χ2n) is 7.77. The standard InChI is InChI=1S/C22H31N3O5S/c1-15-20(22(26)25-12-6-7-13-25)21(16(2)24(15)3)31(27,28)23-11-10-17-8-9-18(29-4)19(14-17)30-5/h8-9,14,23H,6-7,10-13H2,1-5H3. The highest BCUT2D eigenvalue weighted by molar-refractivity contribution is 7.89. The molecule has 0 aliphatic carbocycles. The van der Waals surface area contributed by atoms with E-state index < -0.39 is 10.0 Å². The molecular formula is C22H31N3O5S. The average Bonchev–Trinajstić information content (AvgIpc) is 3.36. The smallest absolute Gasteiger partial charge is 0.257 e. The highest BCUT2D eigenvalue weighted by atomic mass is 32.2. The molecule has 3 rings (SSSR count). The second kappa shape index (κ2) is 9.32. The van der Waals surface area contributed by atoms with Crippen LogP contribution < -0.4 is 14.2 Å². The first-order chi connectivity index (χ1) is 14.7. The van der Waals surface area contributed by atoms with Crippen LogP contribution in [-0.4, -0.2) is 57.6 Å². The number of carbonyl (C=O) groups is 1. The second-order valence-corrected chi connectivity index (χ2v) is 9.47. The fourth-order valence-electron chi connectivity index (χ4n) is 4.01. The van der Waals surface area contributed by atoms with E-state index in [1.54, 1.807) is 50.6 Å². The number of nitrogens with zero attached hydrogens (tertiary/aromatic N) is 2. The summed E-state index contributed by atoms with van der Waals surface area (Å²) in [4.78, 5) is 14.9. The summed E-state index contributed by atoms with van der Waals surface area (Å²) >= 11 is 0. The lowest BCUT2D eigenvalue weighted by Crippen LogP contribution is -2.32. The molecule has 1 fully saturated rings. The van der Waals surface area contributed by atoms with Gasteiger partial charge in [0, 0.05) is 38.1 Å². The molecule has 8 nitrogen and oxygen atoms in total. The van der Waals surface area contributed by atoms with Gasteiger partial charge >= 0.3 is 0 Å². The highest BCUT2D eigenvalue weighted by Crippen LogP contribution is 2.29. The van der Waals surface area contributed by atoms with E-state index in [1.165, 1.54) is 0 Å². The summed E-state index contributed by atoms with van der Waals surface area (Å²) in [5.41, 5.74) is 2.41. The van der Waals surface area contributed by atoms with Crippen LogP contribution in [0.25, 0.3) is 0 Å². The Kier molecular flexibility index (Phi) is 6.96. The number of carbonyl (C=O) groups excluding carboxylic acids is 1. The van der Waals surface area contributed by atoms with Gasteiger partial charge in [-0.1, -0.05) is 6.07 Å². The number of ether oxygens (including phenoxy) is 2. The zero-order chi connectivity index (χ0) is 22.8. The molecule has 170 valence electrons. The van der Waals surface area contributed by atoms with E-state index in [2.05, 4.69) is 4.72 Å². The summed E-state index contributed by atoms with van der Waals surface area (Å²) in [5, 5.41) is 0. The number of sulfonamides is 1. The van der Waals surface area contributed by atoms with Crippen LogP contribution in [0.15, 0.2) is 23.1 Å². The molecular weight excluding hydrogens is 418 g/mol. The normalized spacial score (nSPS) is 14.2. The summed E-state index contributed by atoms with van der Waals surface area (Å²) in [6.07, 6.45) is 2.37. The molecule has 1 N–H and O–H groups in total. The Bertz CT molecular complexity index is 1070. The number of hydrogen-bond donors (Lipinski definition) is 1. The monoisotopic (exact) mass is 449 g/mol. The van der Waals surface area contributed by atoms with Gasteiger partial charge in [0.1, 0.15) is 4.90 Å². The van der Waals surface area contributed by atoms with Gasteiger partial charge in [0.2, 0.25) is 10.0 Å². The fourth-order valence-corrected chi connectivity index (χ4v) is 5.56. The Labute approximate surface area is 184 Å². The van der Waals surface area contributed by atoms with E-state index in [4.69, 9.17) is 9.47 Å². The van der Waals surface area contributed by atoms with E-state index in [0.717, 1.165) is 18.4 Å². The molecule has 1 aromatic carbocycles. The van der Waals surface area contributed by atoms with Gasteiger partial charge in [0.15, 0.2) is 11.5 Å². The maximum atomic E-state index is 13.2. The van der Waals surface area contributed by atoms with Gasteiger partial charge in [-0.05, 0) is 50.8 Å². The Morgan fingerprint density at radius 1 is 1.06 bits per heavy atom. The summed E-state index contributed by atoms with van der Waals surface area (Å²) in [6, 6.07) is 5.49. The van der Waals surface area contributed by atoms with Crippen molar-refractivity contribution in [2.75, 3.05) is 33.9 Å². The van der Waals surface area contributed by atoms with Gasteiger partial charge in [-0.3, -0.25) is 4.79 Å².